The Kier molecular flexibility index (Phi) is 25.4. The summed E-state index contributed by atoms with van der Waals surface area (Å²) in [6.45, 7) is 11.3. The lowest BCUT2D eigenvalue weighted by Gasteiger charge is -2.22. The summed E-state index contributed by atoms with van der Waals surface area (Å²) in [5.41, 5.74) is -0.770. The van der Waals surface area contributed by atoms with E-state index in [1.807, 2.05) is 0 Å². The molecular formula is C26H50N2O13. The van der Waals surface area contributed by atoms with E-state index in [9.17, 15) is 19.5 Å². The van der Waals surface area contributed by atoms with Crippen LogP contribution in [0.4, 0.5) is 4.79 Å². The molecule has 0 fully saturated rings. The van der Waals surface area contributed by atoms with E-state index >= 15 is 0 Å². The number of carbonyl (C=O) groups is 3. The SMILES string of the molecule is COCCOCCOCCOCCOCCOCCOCCOCCC(=O)NCC(NC(=O)OC(C)(C)C)C(=O)O. The minimum Gasteiger partial charge on any atom is -0.480 e. The molecule has 15 heteroatoms. The highest BCUT2D eigenvalue weighted by Gasteiger charge is 2.24. The van der Waals surface area contributed by atoms with Gasteiger partial charge in [0, 0.05) is 20.1 Å². The van der Waals surface area contributed by atoms with Crippen LogP contribution in [-0.2, 0) is 52.2 Å². The lowest BCUT2D eigenvalue weighted by molar-refractivity contribution is -0.139. The third kappa shape index (κ3) is 29.2. The Balaban J connectivity index is 3.44. The molecule has 0 spiro atoms. The van der Waals surface area contributed by atoms with Gasteiger partial charge in [0.05, 0.1) is 99.1 Å². The highest BCUT2D eigenvalue weighted by atomic mass is 16.6. The summed E-state index contributed by atoms with van der Waals surface area (Å²) in [5, 5.41) is 13.9. The van der Waals surface area contributed by atoms with E-state index in [0.29, 0.717) is 92.5 Å². The first-order valence-corrected chi connectivity index (χ1v) is 13.7. The molecule has 0 aromatic rings. The van der Waals surface area contributed by atoms with Gasteiger partial charge >= 0.3 is 12.1 Å². The topological polar surface area (TPSA) is 179 Å². The molecule has 0 heterocycles. The molecule has 0 aromatic carbocycles. The molecule has 2 amide bonds. The monoisotopic (exact) mass is 598 g/mol. The van der Waals surface area contributed by atoms with E-state index in [0.717, 1.165) is 0 Å². The summed E-state index contributed by atoms with van der Waals surface area (Å²) in [6.07, 6.45) is -0.844. The van der Waals surface area contributed by atoms with Gasteiger partial charge in [0.25, 0.3) is 0 Å². The zero-order chi connectivity index (χ0) is 30.6. The third-order valence-corrected chi connectivity index (χ3v) is 4.63. The molecule has 3 N–H and O–H groups in total. The van der Waals surface area contributed by atoms with Crippen LogP contribution in [0.15, 0.2) is 0 Å². The maximum absolute atomic E-state index is 11.9. The summed E-state index contributed by atoms with van der Waals surface area (Å²) >= 11 is 0. The minimum absolute atomic E-state index is 0.0336. The molecule has 41 heavy (non-hydrogen) atoms. The molecular weight excluding hydrogens is 548 g/mol. The molecule has 0 bridgehead atoms. The van der Waals surface area contributed by atoms with Crippen LogP contribution in [0.2, 0.25) is 0 Å². The summed E-state index contributed by atoms with van der Waals surface area (Å²) < 4.78 is 47.5. The van der Waals surface area contributed by atoms with Gasteiger partial charge in [0.2, 0.25) is 5.91 Å². The predicted molar refractivity (Wildman–Crippen MR) is 146 cm³/mol. The Hall–Kier alpha value is -2.11. The Morgan fingerprint density at radius 1 is 0.634 bits per heavy atom. The van der Waals surface area contributed by atoms with Gasteiger partial charge in [-0.2, -0.15) is 0 Å². The first-order valence-electron chi connectivity index (χ1n) is 13.7. The van der Waals surface area contributed by atoms with E-state index in [4.69, 9.17) is 42.6 Å². The summed E-state index contributed by atoms with van der Waals surface area (Å²) in [5.74, 6) is -1.70. The van der Waals surface area contributed by atoms with Crippen molar-refractivity contribution in [2.24, 2.45) is 0 Å². The van der Waals surface area contributed by atoms with Crippen molar-refractivity contribution in [1.29, 1.82) is 0 Å². The average molecular weight is 599 g/mol. The second-order valence-electron chi connectivity index (χ2n) is 9.37. The number of carboxylic acids is 1. The van der Waals surface area contributed by atoms with Crippen molar-refractivity contribution < 1.29 is 62.1 Å². The largest absolute Gasteiger partial charge is 0.480 e. The van der Waals surface area contributed by atoms with Crippen LogP contribution in [-0.4, -0.2) is 147 Å². The van der Waals surface area contributed by atoms with Crippen LogP contribution in [0, 0.1) is 0 Å². The molecule has 242 valence electrons. The molecule has 0 saturated heterocycles. The summed E-state index contributed by atoms with van der Waals surface area (Å²) in [4.78, 5) is 34.9. The lowest BCUT2D eigenvalue weighted by Crippen LogP contribution is -2.49. The molecule has 0 rings (SSSR count). The van der Waals surface area contributed by atoms with Crippen LogP contribution in [0.25, 0.3) is 0 Å². The number of ether oxygens (including phenoxy) is 9. The maximum atomic E-state index is 11.9. The van der Waals surface area contributed by atoms with Crippen molar-refractivity contribution >= 4 is 18.0 Å². The minimum atomic E-state index is -1.32. The van der Waals surface area contributed by atoms with E-state index in [1.54, 1.807) is 27.9 Å². The average Bonchev–Trinajstić information content (AvgIpc) is 2.90. The number of methoxy groups -OCH3 is 1. The van der Waals surface area contributed by atoms with Crippen molar-refractivity contribution in [2.45, 2.75) is 38.8 Å². The number of hydrogen-bond donors (Lipinski definition) is 3. The number of alkyl carbamates (subject to hydrolysis) is 1. The zero-order valence-corrected chi connectivity index (χ0v) is 24.9. The van der Waals surface area contributed by atoms with E-state index in [2.05, 4.69) is 10.6 Å². The van der Waals surface area contributed by atoms with Crippen molar-refractivity contribution in [3.05, 3.63) is 0 Å². The third-order valence-electron chi connectivity index (χ3n) is 4.63. The van der Waals surface area contributed by atoms with Gasteiger partial charge in [0.1, 0.15) is 11.6 Å². The van der Waals surface area contributed by atoms with Crippen LogP contribution in [0.3, 0.4) is 0 Å². The smallest absolute Gasteiger partial charge is 0.408 e. The summed E-state index contributed by atoms with van der Waals surface area (Å²) in [7, 11) is 1.63. The molecule has 1 atom stereocenters. The Morgan fingerprint density at radius 3 is 1.34 bits per heavy atom. The van der Waals surface area contributed by atoms with E-state index in [-0.39, 0.29) is 19.6 Å². The highest BCUT2D eigenvalue weighted by molar-refractivity contribution is 5.82. The fourth-order valence-corrected chi connectivity index (χ4v) is 2.68. The lowest BCUT2D eigenvalue weighted by atomic mass is 10.2. The second-order valence-corrected chi connectivity index (χ2v) is 9.37. The van der Waals surface area contributed by atoms with Crippen LogP contribution < -0.4 is 10.6 Å². The van der Waals surface area contributed by atoms with Crippen molar-refractivity contribution in [3.63, 3.8) is 0 Å². The Bertz CT molecular complexity index is 662. The van der Waals surface area contributed by atoms with Crippen molar-refractivity contribution in [1.82, 2.24) is 10.6 Å². The van der Waals surface area contributed by atoms with Crippen LogP contribution in [0.1, 0.15) is 27.2 Å². The standard InChI is InChI=1S/C26H50N2O13/c1-26(2,3)41-25(32)28-22(24(30)31)21-27-23(29)5-6-34-9-10-36-13-14-38-17-18-40-20-19-39-16-15-37-12-11-35-8-7-33-4/h22H,5-21H2,1-4H3,(H,27,29)(H,28,32)(H,30,31). The van der Waals surface area contributed by atoms with Gasteiger partial charge in [-0.1, -0.05) is 0 Å². The second kappa shape index (κ2) is 26.8. The molecule has 0 saturated carbocycles. The number of carboxylic acid groups (broad SMARTS) is 1. The zero-order valence-electron chi connectivity index (χ0n) is 24.9. The number of hydrogen-bond acceptors (Lipinski definition) is 12. The highest BCUT2D eigenvalue weighted by Crippen LogP contribution is 2.06. The normalized spacial score (nSPS) is 12.2. The van der Waals surface area contributed by atoms with Gasteiger partial charge in [-0.3, -0.25) is 4.79 Å². The van der Waals surface area contributed by atoms with Crippen LogP contribution >= 0.6 is 0 Å². The van der Waals surface area contributed by atoms with Crippen LogP contribution in [0.5, 0.6) is 0 Å². The molecule has 0 aliphatic rings. The van der Waals surface area contributed by atoms with Gasteiger partial charge in [-0.05, 0) is 20.8 Å². The number of carbonyl (C=O) groups excluding carboxylic acids is 2. The number of nitrogens with one attached hydrogen (secondary N) is 2. The Morgan fingerprint density at radius 2 is 1.00 bits per heavy atom. The Labute approximate surface area is 242 Å². The molecule has 15 nitrogen and oxygen atoms in total. The quantitative estimate of drug-likeness (QED) is 0.104. The molecule has 0 radical (unpaired) electrons. The van der Waals surface area contributed by atoms with E-state index in [1.165, 1.54) is 0 Å². The van der Waals surface area contributed by atoms with E-state index < -0.39 is 29.6 Å². The molecule has 0 aliphatic carbocycles. The van der Waals surface area contributed by atoms with Gasteiger partial charge < -0.3 is 58.4 Å². The first kappa shape index (κ1) is 38.9. The first-order chi connectivity index (χ1) is 19.7. The molecule has 0 aromatic heterocycles. The van der Waals surface area contributed by atoms with Crippen molar-refractivity contribution in [2.75, 3.05) is 113 Å². The fourth-order valence-electron chi connectivity index (χ4n) is 2.68. The predicted octanol–water partition coefficient (Wildman–Crippen LogP) is 0.233. The van der Waals surface area contributed by atoms with Gasteiger partial charge in [-0.25, -0.2) is 9.59 Å². The maximum Gasteiger partial charge on any atom is 0.408 e. The van der Waals surface area contributed by atoms with Gasteiger partial charge in [0.15, 0.2) is 0 Å². The number of rotatable bonds is 28. The molecule has 1 unspecified atom stereocenters. The number of aliphatic carboxylic acids is 1. The number of amides is 2. The fraction of sp³-hybridized carbons (Fsp3) is 0.885. The summed E-state index contributed by atoms with van der Waals surface area (Å²) in [6, 6.07) is -1.32. The van der Waals surface area contributed by atoms with Crippen molar-refractivity contribution in [3.8, 4) is 0 Å². The molecule has 0 aliphatic heterocycles. The van der Waals surface area contributed by atoms with Gasteiger partial charge in [-0.15, -0.1) is 0 Å².